The Morgan fingerprint density at radius 1 is 1.26 bits per heavy atom. The Morgan fingerprint density at radius 3 is 2.71 bits per heavy atom. The van der Waals surface area contributed by atoms with Crippen molar-refractivity contribution in [2.24, 2.45) is 15.1 Å². The van der Waals surface area contributed by atoms with Crippen LogP contribution in [0.25, 0.3) is 0 Å². The topological polar surface area (TPSA) is 111 Å². The number of ketones is 1. The van der Waals surface area contributed by atoms with E-state index < -0.39 is 42.7 Å². The summed E-state index contributed by atoms with van der Waals surface area (Å²) in [6, 6.07) is 3.59. The van der Waals surface area contributed by atoms with Crippen LogP contribution in [0.4, 0.5) is 8.78 Å². The molecule has 0 aliphatic carbocycles. The van der Waals surface area contributed by atoms with Gasteiger partial charge in [0.25, 0.3) is 0 Å². The average molecular weight is 510 g/mol. The first-order valence-electron chi connectivity index (χ1n) is 11.0. The van der Waals surface area contributed by atoms with Gasteiger partial charge in [-0.25, -0.2) is 22.3 Å². The molecule has 2 aliphatic rings. The van der Waals surface area contributed by atoms with Crippen molar-refractivity contribution in [3.63, 3.8) is 0 Å². The van der Waals surface area contributed by atoms with Crippen molar-refractivity contribution in [3.05, 3.63) is 58.1 Å². The van der Waals surface area contributed by atoms with Gasteiger partial charge in [-0.15, -0.1) is 0 Å². The summed E-state index contributed by atoms with van der Waals surface area (Å²) < 4.78 is 46.4. The molecular weight excluding hydrogens is 484 g/mol. The standard InChI is InChI=1S/C23H26ClF2N5O2S/c1-22(2)21(27)31-23(3,18-6-4-5-9-29-34(18,22)33)20-16(26)8-7-14(30-20)11-17(32)19-15(24)10-13(25)12-28-19/h7-8,10,12,18H,4-6,9,11H2,1-3H3,(H2,27,31)/t18-,23+,34-/m1/s1. The van der Waals surface area contributed by atoms with Gasteiger partial charge in [0, 0.05) is 12.2 Å². The van der Waals surface area contributed by atoms with E-state index in [2.05, 4.69) is 19.3 Å². The first-order valence-corrected chi connectivity index (χ1v) is 12.9. The highest BCUT2D eigenvalue weighted by Gasteiger charge is 2.56. The number of hydrogen-bond acceptors (Lipinski definition) is 7. The highest BCUT2D eigenvalue weighted by molar-refractivity contribution is 7.96. The number of carbonyl (C=O) groups excluding carboxylic acids is 1. The minimum absolute atomic E-state index is 0.0377. The summed E-state index contributed by atoms with van der Waals surface area (Å²) in [5.74, 6) is -1.67. The second-order valence-electron chi connectivity index (χ2n) is 9.28. The fourth-order valence-electron chi connectivity index (χ4n) is 4.62. The molecule has 0 radical (unpaired) electrons. The minimum Gasteiger partial charge on any atom is -0.386 e. The van der Waals surface area contributed by atoms with Gasteiger partial charge in [0.1, 0.15) is 39.1 Å². The third kappa shape index (κ3) is 3.90. The van der Waals surface area contributed by atoms with E-state index in [9.17, 15) is 13.4 Å². The number of aliphatic imine (C=N–C) groups is 1. The zero-order valence-corrected chi connectivity index (χ0v) is 20.7. The Balaban J connectivity index is 1.80. The molecular formula is C23H26ClF2N5O2S. The molecule has 0 bridgehead atoms. The maximum atomic E-state index is 15.2. The molecule has 34 heavy (non-hydrogen) atoms. The normalized spacial score (nSPS) is 28.3. The third-order valence-corrected chi connectivity index (χ3v) is 10.7. The quantitative estimate of drug-likeness (QED) is 0.620. The molecule has 2 N–H and O–H groups in total. The molecule has 182 valence electrons. The second kappa shape index (κ2) is 8.64. The molecule has 3 atom stereocenters. The first kappa shape index (κ1) is 24.7. The van der Waals surface area contributed by atoms with Gasteiger partial charge in [0.15, 0.2) is 5.78 Å². The van der Waals surface area contributed by atoms with Crippen LogP contribution in [0.2, 0.25) is 5.02 Å². The number of Topliss-reactive ketones (excluding diaryl/α,β-unsaturated/α-hetero) is 1. The zero-order chi connectivity index (χ0) is 24.9. The molecule has 2 aliphatic heterocycles. The number of carbonyl (C=O) groups is 1. The Bertz CT molecular complexity index is 1320. The Hall–Kier alpha value is -2.46. The molecule has 0 amide bonds. The van der Waals surface area contributed by atoms with Crippen molar-refractivity contribution in [1.82, 2.24) is 9.97 Å². The molecule has 0 saturated carbocycles. The molecule has 2 aromatic rings. The lowest BCUT2D eigenvalue weighted by molar-refractivity contribution is 0.0987. The van der Waals surface area contributed by atoms with Crippen LogP contribution in [0.3, 0.4) is 0 Å². The summed E-state index contributed by atoms with van der Waals surface area (Å²) in [5, 5.41) is -0.725. The minimum atomic E-state index is -2.92. The molecule has 0 aromatic carbocycles. The molecule has 4 heterocycles. The fraction of sp³-hybridized carbons (Fsp3) is 0.478. The number of halogens is 3. The summed E-state index contributed by atoms with van der Waals surface area (Å²) in [4.78, 5) is 25.6. The third-order valence-electron chi connectivity index (χ3n) is 6.67. The molecule has 0 spiro atoms. The molecule has 0 unspecified atom stereocenters. The van der Waals surface area contributed by atoms with Gasteiger partial charge in [-0.1, -0.05) is 18.0 Å². The van der Waals surface area contributed by atoms with Crippen LogP contribution >= 0.6 is 11.6 Å². The maximum Gasteiger partial charge on any atom is 0.188 e. The molecule has 11 heteroatoms. The highest BCUT2D eigenvalue weighted by atomic mass is 35.5. The van der Waals surface area contributed by atoms with Gasteiger partial charge in [0.05, 0.1) is 32.6 Å². The van der Waals surface area contributed by atoms with E-state index in [1.54, 1.807) is 20.8 Å². The van der Waals surface area contributed by atoms with Crippen molar-refractivity contribution in [3.8, 4) is 0 Å². The van der Waals surface area contributed by atoms with Crippen LogP contribution in [-0.4, -0.2) is 42.3 Å². The number of hydrogen-bond donors (Lipinski definition) is 1. The number of amidine groups is 1. The number of nitrogens with zero attached hydrogens (tertiary/aromatic N) is 4. The summed E-state index contributed by atoms with van der Waals surface area (Å²) in [6.45, 7) is 5.63. The average Bonchev–Trinajstić information content (AvgIpc) is 2.97. The predicted molar refractivity (Wildman–Crippen MR) is 128 cm³/mol. The van der Waals surface area contributed by atoms with Gasteiger partial charge in [-0.3, -0.25) is 14.8 Å². The summed E-state index contributed by atoms with van der Waals surface area (Å²) in [7, 11) is -2.92. The van der Waals surface area contributed by atoms with Crippen LogP contribution in [0.1, 0.15) is 61.9 Å². The van der Waals surface area contributed by atoms with Gasteiger partial charge < -0.3 is 5.73 Å². The number of nitrogens with two attached hydrogens (primary N) is 1. The van der Waals surface area contributed by atoms with Gasteiger partial charge in [-0.05, 0) is 51.8 Å². The van der Waals surface area contributed by atoms with E-state index in [0.717, 1.165) is 25.1 Å². The lowest BCUT2D eigenvalue weighted by atomic mass is 9.88. The largest absolute Gasteiger partial charge is 0.386 e. The van der Waals surface area contributed by atoms with Gasteiger partial charge in [0.2, 0.25) is 0 Å². The molecule has 0 fully saturated rings. The van der Waals surface area contributed by atoms with E-state index in [1.165, 1.54) is 12.1 Å². The van der Waals surface area contributed by atoms with Crippen molar-refractivity contribution < 1.29 is 17.8 Å². The lowest BCUT2D eigenvalue weighted by Gasteiger charge is -2.46. The van der Waals surface area contributed by atoms with E-state index in [-0.39, 0.29) is 34.4 Å². The van der Waals surface area contributed by atoms with Gasteiger partial charge in [-0.2, -0.15) is 0 Å². The van der Waals surface area contributed by atoms with E-state index in [1.807, 2.05) is 0 Å². The van der Waals surface area contributed by atoms with Crippen molar-refractivity contribution >= 4 is 32.9 Å². The summed E-state index contributed by atoms with van der Waals surface area (Å²) >= 11 is 5.96. The lowest BCUT2D eigenvalue weighted by Crippen LogP contribution is -2.59. The van der Waals surface area contributed by atoms with Crippen molar-refractivity contribution in [1.29, 1.82) is 0 Å². The van der Waals surface area contributed by atoms with Crippen molar-refractivity contribution in [2.75, 3.05) is 6.54 Å². The Labute approximate surface area is 202 Å². The SMILES string of the molecule is CC1(C)C(N)=N[C@](C)(c2nc(CC(=O)c3ncc(F)cc3Cl)ccc2F)[C@H]2CCCCN=[S@@]21=O. The number of pyridine rings is 2. The summed E-state index contributed by atoms with van der Waals surface area (Å²) in [6.07, 6.45) is 2.72. The molecule has 7 nitrogen and oxygen atoms in total. The molecule has 4 rings (SSSR count). The van der Waals surface area contributed by atoms with E-state index in [0.29, 0.717) is 13.0 Å². The smallest absolute Gasteiger partial charge is 0.188 e. The Kier molecular flexibility index (Phi) is 6.27. The van der Waals surface area contributed by atoms with Crippen LogP contribution < -0.4 is 5.73 Å². The zero-order valence-electron chi connectivity index (χ0n) is 19.1. The molecule has 0 saturated heterocycles. The maximum absolute atomic E-state index is 15.2. The van der Waals surface area contributed by atoms with E-state index >= 15 is 4.39 Å². The summed E-state index contributed by atoms with van der Waals surface area (Å²) in [5.41, 5.74) is 5.07. The van der Waals surface area contributed by atoms with Crippen LogP contribution in [0, 0.1) is 11.6 Å². The van der Waals surface area contributed by atoms with E-state index in [4.69, 9.17) is 17.3 Å². The monoisotopic (exact) mass is 509 g/mol. The number of rotatable bonds is 4. The van der Waals surface area contributed by atoms with Crippen molar-refractivity contribution in [2.45, 2.75) is 62.0 Å². The van der Waals surface area contributed by atoms with Crippen LogP contribution in [0.15, 0.2) is 33.8 Å². The highest BCUT2D eigenvalue weighted by Crippen LogP contribution is 2.46. The molecule has 2 aromatic heterocycles. The Morgan fingerprint density at radius 2 is 2.00 bits per heavy atom. The van der Waals surface area contributed by atoms with Crippen LogP contribution in [0.5, 0.6) is 0 Å². The fourth-order valence-corrected chi connectivity index (χ4v) is 8.11. The predicted octanol–water partition coefficient (Wildman–Crippen LogP) is 4.22. The van der Waals surface area contributed by atoms with Crippen LogP contribution in [-0.2, 0) is 21.7 Å². The number of fused-ring (bicyclic) bond motifs is 1. The first-order chi connectivity index (χ1) is 15.9. The van der Waals surface area contributed by atoms with Gasteiger partial charge >= 0.3 is 0 Å². The number of aromatic nitrogens is 2. The second-order valence-corrected chi connectivity index (χ2v) is 12.7.